The van der Waals surface area contributed by atoms with Crippen molar-refractivity contribution >= 4 is 85.1 Å². The van der Waals surface area contributed by atoms with Gasteiger partial charge in [0, 0.05) is 68.8 Å². The average molecular weight is 766 g/mol. The van der Waals surface area contributed by atoms with Crippen LogP contribution in [0.15, 0.2) is 168 Å². The molecule has 5 heterocycles. The Morgan fingerprint density at radius 2 is 1.00 bits per heavy atom. The zero-order valence-corrected chi connectivity index (χ0v) is 31.7. The van der Waals surface area contributed by atoms with Gasteiger partial charge in [-0.2, -0.15) is 0 Å². The molecule has 0 aliphatic carbocycles. The molecule has 0 fully saturated rings. The summed E-state index contributed by atoms with van der Waals surface area (Å²) in [6.45, 7) is 0. The van der Waals surface area contributed by atoms with Crippen molar-refractivity contribution in [1.82, 2.24) is 24.9 Å². The van der Waals surface area contributed by atoms with Gasteiger partial charge >= 0.3 is 0 Å². The first-order chi connectivity index (χ1) is 28.2. The Labute approximate surface area is 333 Å². The van der Waals surface area contributed by atoms with E-state index in [2.05, 4.69) is 84.9 Å². The highest BCUT2D eigenvalue weighted by atomic mass is 32.1. The van der Waals surface area contributed by atoms with Crippen molar-refractivity contribution in [2.45, 2.75) is 0 Å². The summed E-state index contributed by atoms with van der Waals surface area (Å²) >= 11 is 3.49. The quantitative estimate of drug-likeness (QED) is 0.174. The molecule has 0 N–H and O–H groups in total. The SMILES string of the molecule is c1ccc(-c2nc(-c3ccccc3)nc(-c3cccc4sc5ccc(-c6nc(-c7ccc8c(c7)oc7ccccc78)c7sc8ccccc8c7n6)cc5c34)n2)cc1. The van der Waals surface area contributed by atoms with E-state index in [1.54, 1.807) is 22.7 Å². The van der Waals surface area contributed by atoms with E-state index < -0.39 is 0 Å². The van der Waals surface area contributed by atoms with E-state index in [9.17, 15) is 0 Å². The molecule has 0 atom stereocenters. The molecule has 8 heteroatoms. The minimum absolute atomic E-state index is 0.629. The predicted octanol–water partition coefficient (Wildman–Crippen LogP) is 13.6. The summed E-state index contributed by atoms with van der Waals surface area (Å²) in [5.74, 6) is 2.57. The predicted molar refractivity (Wildman–Crippen MR) is 236 cm³/mol. The van der Waals surface area contributed by atoms with Crippen LogP contribution in [0.1, 0.15) is 0 Å². The summed E-state index contributed by atoms with van der Waals surface area (Å²) in [5, 5.41) is 5.52. The zero-order valence-electron chi connectivity index (χ0n) is 30.0. The Hall–Kier alpha value is -7.13. The first-order valence-electron chi connectivity index (χ1n) is 18.7. The van der Waals surface area contributed by atoms with Crippen molar-refractivity contribution in [1.29, 1.82) is 0 Å². The Balaban J connectivity index is 1.07. The summed E-state index contributed by atoms with van der Waals surface area (Å²) in [7, 11) is 0. The molecule has 266 valence electrons. The number of benzene rings is 7. The highest BCUT2D eigenvalue weighted by Crippen LogP contribution is 2.44. The number of fused-ring (bicyclic) bond motifs is 9. The van der Waals surface area contributed by atoms with Crippen molar-refractivity contribution in [2.75, 3.05) is 0 Å². The second kappa shape index (κ2) is 12.7. The molecule has 7 aromatic carbocycles. The summed E-state index contributed by atoms with van der Waals surface area (Å²) in [6, 6.07) is 56.2. The van der Waals surface area contributed by atoms with Gasteiger partial charge in [-0.05, 0) is 48.5 Å². The van der Waals surface area contributed by atoms with Crippen LogP contribution >= 0.6 is 22.7 Å². The molecular weight excluding hydrogens is 739 g/mol. The third kappa shape index (κ3) is 5.26. The van der Waals surface area contributed by atoms with Gasteiger partial charge in [-0.1, -0.05) is 115 Å². The molecule has 57 heavy (non-hydrogen) atoms. The lowest BCUT2D eigenvalue weighted by Crippen LogP contribution is -2.00. The van der Waals surface area contributed by atoms with Crippen LogP contribution in [0, 0.1) is 0 Å². The van der Waals surface area contributed by atoms with E-state index in [4.69, 9.17) is 29.3 Å². The molecule has 0 saturated heterocycles. The van der Waals surface area contributed by atoms with Crippen molar-refractivity contribution < 1.29 is 4.42 Å². The summed E-state index contributed by atoms with van der Waals surface area (Å²) in [6.07, 6.45) is 0. The Morgan fingerprint density at radius 1 is 0.368 bits per heavy atom. The number of hydrogen-bond donors (Lipinski definition) is 0. The normalized spacial score (nSPS) is 11.9. The fraction of sp³-hybridized carbons (Fsp3) is 0. The summed E-state index contributed by atoms with van der Waals surface area (Å²) < 4.78 is 10.9. The number of hydrogen-bond acceptors (Lipinski definition) is 8. The number of rotatable bonds is 5. The highest BCUT2D eigenvalue weighted by Gasteiger charge is 2.21. The maximum atomic E-state index is 6.34. The molecular formula is C49H27N5OS2. The van der Waals surface area contributed by atoms with Gasteiger partial charge in [0.1, 0.15) is 11.2 Å². The maximum absolute atomic E-state index is 6.34. The molecule has 6 nitrogen and oxygen atoms in total. The Kier molecular flexibility index (Phi) is 7.17. The van der Waals surface area contributed by atoms with Crippen molar-refractivity contribution in [2.24, 2.45) is 0 Å². The first kappa shape index (κ1) is 32.1. The first-order valence-corrected chi connectivity index (χ1v) is 20.3. The van der Waals surface area contributed by atoms with Crippen LogP contribution in [0.4, 0.5) is 0 Å². The van der Waals surface area contributed by atoms with Crippen LogP contribution in [0.25, 0.3) is 119 Å². The largest absolute Gasteiger partial charge is 0.456 e. The van der Waals surface area contributed by atoms with E-state index in [1.165, 1.54) is 9.40 Å². The number of para-hydroxylation sites is 1. The molecule has 5 aromatic heterocycles. The number of furan rings is 1. The third-order valence-electron chi connectivity index (χ3n) is 10.6. The van der Waals surface area contributed by atoms with Gasteiger partial charge in [0.2, 0.25) is 0 Å². The molecule has 12 aromatic rings. The monoisotopic (exact) mass is 765 g/mol. The van der Waals surface area contributed by atoms with Gasteiger partial charge in [0.15, 0.2) is 23.3 Å². The van der Waals surface area contributed by atoms with Gasteiger partial charge in [-0.25, -0.2) is 24.9 Å². The van der Waals surface area contributed by atoms with Gasteiger partial charge in [-0.15, -0.1) is 22.7 Å². The van der Waals surface area contributed by atoms with Gasteiger partial charge < -0.3 is 4.42 Å². The highest BCUT2D eigenvalue weighted by molar-refractivity contribution is 7.26. The fourth-order valence-electron chi connectivity index (χ4n) is 7.87. The van der Waals surface area contributed by atoms with Crippen molar-refractivity contribution in [3.8, 4) is 56.8 Å². The average Bonchev–Trinajstić information content (AvgIpc) is 3.97. The standard InChI is InChI=1S/C49H27N5OS2/c1-3-12-28(13-4-1)46-52-47(29-14-5-2-6-15-29)54-49(53-46)35-18-11-21-41-42(35)36-26-31(23-25-40(36)56-41)48-50-43(45-44(51-48)34-17-8-10-20-39(34)57-45)30-22-24-33-32-16-7-9-19-37(32)55-38(33)27-30/h1-27H. The lowest BCUT2D eigenvalue weighted by atomic mass is 10.0. The lowest BCUT2D eigenvalue weighted by Gasteiger charge is -2.10. The summed E-state index contributed by atoms with van der Waals surface area (Å²) in [5.41, 5.74) is 8.30. The van der Waals surface area contributed by atoms with E-state index >= 15 is 0 Å². The van der Waals surface area contributed by atoms with Crippen LogP contribution in [0.5, 0.6) is 0 Å². The minimum Gasteiger partial charge on any atom is -0.456 e. The Morgan fingerprint density at radius 3 is 1.81 bits per heavy atom. The van der Waals surface area contributed by atoms with Crippen LogP contribution in [0.2, 0.25) is 0 Å². The smallest absolute Gasteiger partial charge is 0.164 e. The second-order valence-electron chi connectivity index (χ2n) is 14.0. The number of thiophene rings is 2. The van der Waals surface area contributed by atoms with Crippen molar-refractivity contribution in [3.63, 3.8) is 0 Å². The molecule has 0 unspecified atom stereocenters. The Bertz CT molecular complexity index is 3480. The number of aromatic nitrogens is 5. The van der Waals surface area contributed by atoms with Crippen LogP contribution in [-0.2, 0) is 0 Å². The van der Waals surface area contributed by atoms with Crippen LogP contribution < -0.4 is 0 Å². The van der Waals surface area contributed by atoms with E-state index in [0.717, 1.165) is 86.5 Å². The third-order valence-corrected chi connectivity index (χ3v) is 12.9. The second-order valence-corrected chi connectivity index (χ2v) is 16.1. The van der Waals surface area contributed by atoms with Crippen molar-refractivity contribution in [3.05, 3.63) is 164 Å². The number of nitrogens with zero attached hydrogens (tertiary/aromatic N) is 5. The van der Waals surface area contributed by atoms with Crippen LogP contribution in [-0.4, -0.2) is 24.9 Å². The molecule has 0 spiro atoms. The van der Waals surface area contributed by atoms with E-state index in [0.29, 0.717) is 23.3 Å². The van der Waals surface area contributed by atoms with E-state index in [-0.39, 0.29) is 0 Å². The van der Waals surface area contributed by atoms with E-state index in [1.807, 2.05) is 78.9 Å². The van der Waals surface area contributed by atoms with Gasteiger partial charge in [0.25, 0.3) is 0 Å². The lowest BCUT2D eigenvalue weighted by molar-refractivity contribution is 0.669. The minimum atomic E-state index is 0.629. The molecule has 0 bridgehead atoms. The summed E-state index contributed by atoms with van der Waals surface area (Å²) in [4.78, 5) is 25.8. The molecule has 0 saturated carbocycles. The molecule has 0 aliphatic rings. The topological polar surface area (TPSA) is 77.6 Å². The van der Waals surface area contributed by atoms with Gasteiger partial charge in [0.05, 0.1) is 15.9 Å². The molecule has 0 radical (unpaired) electrons. The maximum Gasteiger partial charge on any atom is 0.164 e. The zero-order chi connectivity index (χ0) is 37.5. The van der Waals surface area contributed by atoms with Gasteiger partial charge in [-0.3, -0.25) is 0 Å². The fourth-order valence-corrected chi connectivity index (χ4v) is 10.1. The van der Waals surface area contributed by atoms with Crippen LogP contribution in [0.3, 0.4) is 0 Å². The molecule has 12 rings (SSSR count). The molecule has 0 amide bonds. The molecule has 0 aliphatic heterocycles.